The van der Waals surface area contributed by atoms with Crippen molar-refractivity contribution in [3.63, 3.8) is 0 Å². The van der Waals surface area contributed by atoms with Crippen molar-refractivity contribution in [2.24, 2.45) is 0 Å². The number of carbonyl (C=O) groups is 1. The summed E-state index contributed by atoms with van der Waals surface area (Å²) in [5, 5.41) is 10.1. The van der Waals surface area contributed by atoms with Crippen LogP contribution in [0.25, 0.3) is 16.3 Å². The standard InChI is InChI=1S/C15H16N2O2S/c18-10-11-4-3-9-17(11)15(19)8-7-14-16-12-5-1-2-6-13(12)20-14/h1-2,5-8,11,18H,3-4,9-10H2/b8-7+/t11-/m1/s1. The van der Waals surface area contributed by atoms with Gasteiger partial charge < -0.3 is 10.0 Å². The summed E-state index contributed by atoms with van der Waals surface area (Å²) >= 11 is 1.57. The van der Waals surface area contributed by atoms with E-state index in [1.165, 1.54) is 0 Å². The maximum atomic E-state index is 12.1. The third-order valence-corrected chi connectivity index (χ3v) is 4.55. The molecule has 0 aliphatic carbocycles. The number of carbonyl (C=O) groups excluding carboxylic acids is 1. The molecule has 0 bridgehead atoms. The smallest absolute Gasteiger partial charge is 0.246 e. The van der Waals surface area contributed by atoms with Crippen LogP contribution in [0.4, 0.5) is 0 Å². The minimum absolute atomic E-state index is 0.0254. The number of para-hydroxylation sites is 1. The topological polar surface area (TPSA) is 53.4 Å². The third kappa shape index (κ3) is 2.59. The Morgan fingerprint density at radius 1 is 1.50 bits per heavy atom. The van der Waals surface area contributed by atoms with E-state index >= 15 is 0 Å². The monoisotopic (exact) mass is 288 g/mol. The van der Waals surface area contributed by atoms with Gasteiger partial charge in [-0.05, 0) is 31.1 Å². The highest BCUT2D eigenvalue weighted by Crippen LogP contribution is 2.23. The average molecular weight is 288 g/mol. The highest BCUT2D eigenvalue weighted by molar-refractivity contribution is 7.19. The first-order valence-corrected chi connectivity index (χ1v) is 7.54. The van der Waals surface area contributed by atoms with Crippen LogP contribution in [0, 0.1) is 0 Å². The summed E-state index contributed by atoms with van der Waals surface area (Å²) in [4.78, 5) is 18.3. The van der Waals surface area contributed by atoms with Gasteiger partial charge in [0.1, 0.15) is 5.01 Å². The Balaban J connectivity index is 1.74. The van der Waals surface area contributed by atoms with Gasteiger partial charge in [0.2, 0.25) is 5.91 Å². The van der Waals surface area contributed by atoms with Gasteiger partial charge in [-0.15, -0.1) is 11.3 Å². The van der Waals surface area contributed by atoms with Crippen LogP contribution >= 0.6 is 11.3 Å². The largest absolute Gasteiger partial charge is 0.394 e. The Morgan fingerprint density at radius 2 is 2.35 bits per heavy atom. The molecule has 1 aliphatic rings. The summed E-state index contributed by atoms with van der Waals surface area (Å²) in [6.07, 6.45) is 5.18. The number of hydrogen-bond acceptors (Lipinski definition) is 4. The summed E-state index contributed by atoms with van der Waals surface area (Å²) in [6.45, 7) is 0.773. The van der Waals surface area contributed by atoms with Gasteiger partial charge in [0.05, 0.1) is 22.9 Å². The van der Waals surface area contributed by atoms with Crippen LogP contribution in [0.5, 0.6) is 0 Å². The van der Waals surface area contributed by atoms with Crippen LogP contribution in [0.1, 0.15) is 17.8 Å². The van der Waals surface area contributed by atoms with Crippen LogP contribution < -0.4 is 0 Å². The van der Waals surface area contributed by atoms with Crippen molar-refractivity contribution in [3.8, 4) is 0 Å². The van der Waals surface area contributed by atoms with Gasteiger partial charge in [0.15, 0.2) is 0 Å². The Labute approximate surface area is 121 Å². The van der Waals surface area contributed by atoms with E-state index in [9.17, 15) is 9.90 Å². The third-order valence-electron chi connectivity index (χ3n) is 3.55. The van der Waals surface area contributed by atoms with Crippen molar-refractivity contribution in [1.82, 2.24) is 9.88 Å². The first-order chi connectivity index (χ1) is 9.78. The Bertz CT molecular complexity index is 617. The Hall–Kier alpha value is -1.72. The number of thiazole rings is 1. The second-order valence-corrected chi connectivity index (χ2v) is 5.93. The van der Waals surface area contributed by atoms with Crippen molar-refractivity contribution >= 4 is 33.5 Å². The van der Waals surface area contributed by atoms with E-state index in [-0.39, 0.29) is 18.6 Å². The van der Waals surface area contributed by atoms with E-state index in [1.54, 1.807) is 28.4 Å². The van der Waals surface area contributed by atoms with E-state index in [0.717, 1.165) is 34.6 Å². The van der Waals surface area contributed by atoms with Crippen molar-refractivity contribution in [3.05, 3.63) is 35.3 Å². The molecule has 1 amide bonds. The fourth-order valence-corrected chi connectivity index (χ4v) is 3.39. The van der Waals surface area contributed by atoms with Gasteiger partial charge in [-0.2, -0.15) is 0 Å². The summed E-state index contributed by atoms with van der Waals surface area (Å²) in [5.41, 5.74) is 0.957. The number of aliphatic hydroxyl groups is 1. The SMILES string of the molecule is O=C(/C=C/c1nc2ccccc2s1)N1CCC[C@@H]1CO. The van der Waals surface area contributed by atoms with Gasteiger partial charge in [0, 0.05) is 12.6 Å². The van der Waals surface area contributed by atoms with Crippen LogP contribution in [-0.4, -0.2) is 40.1 Å². The number of amides is 1. The summed E-state index contributed by atoms with van der Waals surface area (Å²) in [5.74, 6) is -0.0409. The molecule has 0 spiro atoms. The highest BCUT2D eigenvalue weighted by atomic mass is 32.1. The minimum Gasteiger partial charge on any atom is -0.394 e. The fourth-order valence-electron chi connectivity index (χ4n) is 2.52. The molecule has 1 aromatic heterocycles. The number of hydrogen-bond donors (Lipinski definition) is 1. The number of fused-ring (bicyclic) bond motifs is 1. The maximum Gasteiger partial charge on any atom is 0.246 e. The molecule has 1 fully saturated rings. The van der Waals surface area contributed by atoms with Gasteiger partial charge in [-0.3, -0.25) is 4.79 Å². The molecule has 1 atom stereocenters. The van der Waals surface area contributed by atoms with Gasteiger partial charge in [0.25, 0.3) is 0 Å². The summed E-state index contributed by atoms with van der Waals surface area (Å²) in [6, 6.07) is 7.90. The van der Waals surface area contributed by atoms with Crippen LogP contribution in [0.15, 0.2) is 30.3 Å². The molecule has 0 radical (unpaired) electrons. The van der Waals surface area contributed by atoms with Crippen molar-refractivity contribution in [2.75, 3.05) is 13.2 Å². The second kappa shape index (κ2) is 5.73. The second-order valence-electron chi connectivity index (χ2n) is 4.86. The van der Waals surface area contributed by atoms with Crippen molar-refractivity contribution < 1.29 is 9.90 Å². The molecule has 104 valence electrons. The molecule has 1 saturated heterocycles. The number of nitrogens with zero attached hydrogens (tertiary/aromatic N) is 2. The fraction of sp³-hybridized carbons (Fsp3) is 0.333. The number of benzene rings is 1. The lowest BCUT2D eigenvalue weighted by Gasteiger charge is -2.21. The number of likely N-dealkylation sites (tertiary alicyclic amines) is 1. The zero-order chi connectivity index (χ0) is 13.9. The molecule has 5 heteroatoms. The molecule has 1 N–H and O–H groups in total. The van der Waals surface area contributed by atoms with E-state index in [2.05, 4.69) is 4.98 Å². The Kier molecular flexibility index (Phi) is 3.80. The Morgan fingerprint density at radius 3 is 3.15 bits per heavy atom. The van der Waals surface area contributed by atoms with E-state index in [4.69, 9.17) is 0 Å². The van der Waals surface area contributed by atoms with Gasteiger partial charge in [-0.25, -0.2) is 4.98 Å². The van der Waals surface area contributed by atoms with E-state index < -0.39 is 0 Å². The molecule has 3 rings (SSSR count). The average Bonchev–Trinajstić information content (AvgIpc) is 3.10. The van der Waals surface area contributed by atoms with E-state index in [0.29, 0.717) is 0 Å². The molecule has 20 heavy (non-hydrogen) atoms. The van der Waals surface area contributed by atoms with E-state index in [1.807, 2.05) is 24.3 Å². The number of aliphatic hydroxyl groups excluding tert-OH is 1. The number of rotatable bonds is 3. The molecular formula is C15H16N2O2S. The minimum atomic E-state index is -0.0409. The predicted octanol–water partition coefficient (Wildman–Crippen LogP) is 2.29. The maximum absolute atomic E-state index is 12.1. The normalized spacial score (nSPS) is 19.2. The molecule has 4 nitrogen and oxygen atoms in total. The first-order valence-electron chi connectivity index (χ1n) is 6.73. The molecule has 1 aromatic carbocycles. The zero-order valence-corrected chi connectivity index (χ0v) is 11.8. The van der Waals surface area contributed by atoms with Crippen LogP contribution in [0.3, 0.4) is 0 Å². The summed E-state index contributed by atoms with van der Waals surface area (Å²) in [7, 11) is 0. The lowest BCUT2D eigenvalue weighted by Crippen LogP contribution is -2.36. The molecule has 0 saturated carbocycles. The zero-order valence-electron chi connectivity index (χ0n) is 11.0. The van der Waals surface area contributed by atoms with Gasteiger partial charge in [-0.1, -0.05) is 12.1 Å². The summed E-state index contributed by atoms with van der Waals surface area (Å²) < 4.78 is 1.12. The molecule has 0 unspecified atom stereocenters. The lowest BCUT2D eigenvalue weighted by molar-refractivity contribution is -0.127. The predicted molar refractivity (Wildman–Crippen MR) is 80.5 cm³/mol. The van der Waals surface area contributed by atoms with Gasteiger partial charge >= 0.3 is 0 Å². The van der Waals surface area contributed by atoms with Crippen LogP contribution in [0.2, 0.25) is 0 Å². The molecule has 2 aromatic rings. The number of aromatic nitrogens is 1. The van der Waals surface area contributed by atoms with Crippen LogP contribution in [-0.2, 0) is 4.79 Å². The van der Waals surface area contributed by atoms with Crippen molar-refractivity contribution in [1.29, 1.82) is 0 Å². The quantitative estimate of drug-likeness (QED) is 0.882. The highest BCUT2D eigenvalue weighted by Gasteiger charge is 2.26. The lowest BCUT2D eigenvalue weighted by atomic mass is 10.2. The molecule has 1 aliphatic heterocycles. The molecule has 2 heterocycles. The first kappa shape index (κ1) is 13.3. The molecular weight excluding hydrogens is 272 g/mol. The van der Waals surface area contributed by atoms with Crippen molar-refractivity contribution in [2.45, 2.75) is 18.9 Å².